The van der Waals surface area contributed by atoms with Crippen molar-refractivity contribution in [2.75, 3.05) is 5.32 Å². The van der Waals surface area contributed by atoms with Gasteiger partial charge in [-0.25, -0.2) is 14.2 Å². The lowest BCUT2D eigenvalue weighted by Crippen LogP contribution is -2.42. The number of hydrogen-bond acceptors (Lipinski definition) is 6. The van der Waals surface area contributed by atoms with Crippen molar-refractivity contribution in [1.29, 1.82) is 5.26 Å². The van der Waals surface area contributed by atoms with Gasteiger partial charge >= 0.3 is 11.4 Å². The first-order valence-electron chi connectivity index (χ1n) is 12.5. The van der Waals surface area contributed by atoms with E-state index in [9.17, 15) is 14.9 Å². The van der Waals surface area contributed by atoms with Crippen molar-refractivity contribution in [3.05, 3.63) is 120 Å². The van der Waals surface area contributed by atoms with Gasteiger partial charge in [0.2, 0.25) is 5.95 Å². The molecule has 0 saturated heterocycles. The smallest absolute Gasteiger partial charge is 0.324 e. The molecule has 0 amide bonds. The summed E-state index contributed by atoms with van der Waals surface area (Å²) in [6, 6.07) is 6.89. The number of anilines is 1. The van der Waals surface area contributed by atoms with Gasteiger partial charge < -0.3 is 5.32 Å². The molecule has 8 nitrogen and oxygen atoms in total. The van der Waals surface area contributed by atoms with Gasteiger partial charge in [-0.2, -0.15) is 10.2 Å². The molecule has 0 aliphatic heterocycles. The second-order valence-electron chi connectivity index (χ2n) is 9.17. The van der Waals surface area contributed by atoms with E-state index in [1.54, 1.807) is 62.4 Å². The van der Waals surface area contributed by atoms with E-state index < -0.39 is 11.4 Å². The zero-order chi connectivity index (χ0) is 29.6. The van der Waals surface area contributed by atoms with Crippen molar-refractivity contribution in [1.82, 2.24) is 14.1 Å². The first-order valence-corrected chi connectivity index (χ1v) is 13.3. The summed E-state index contributed by atoms with van der Waals surface area (Å²) in [5, 5.41) is 13.1. The lowest BCUT2D eigenvalue weighted by molar-refractivity contribution is 0.663. The van der Waals surface area contributed by atoms with Crippen LogP contribution in [0.2, 0.25) is 5.02 Å². The normalized spacial score (nSPS) is 16.2. The van der Waals surface area contributed by atoms with Gasteiger partial charge in [-0.05, 0) is 87.8 Å². The summed E-state index contributed by atoms with van der Waals surface area (Å²) in [5.74, 6) is -0.0398. The van der Waals surface area contributed by atoms with Gasteiger partial charge in [0.05, 0.1) is 40.3 Å². The van der Waals surface area contributed by atoms with Crippen LogP contribution in [-0.4, -0.2) is 25.9 Å². The third-order valence-electron chi connectivity index (χ3n) is 5.90. The number of nitriles is 1. The molecule has 0 fully saturated rings. The first-order chi connectivity index (χ1) is 19.0. The number of nitrogens with zero attached hydrogens (tertiary/aromatic N) is 5. The minimum Gasteiger partial charge on any atom is -0.324 e. The lowest BCUT2D eigenvalue weighted by Gasteiger charge is -2.20. The minimum absolute atomic E-state index is 0.0398. The molecule has 1 aliphatic rings. The molecule has 1 aliphatic carbocycles. The van der Waals surface area contributed by atoms with Crippen molar-refractivity contribution in [2.24, 2.45) is 4.99 Å². The number of halogens is 2. The predicted molar refractivity (Wildman–Crippen MR) is 164 cm³/mol. The molecule has 40 heavy (non-hydrogen) atoms. The second kappa shape index (κ2) is 13.2. The molecule has 10 heteroatoms. The van der Waals surface area contributed by atoms with Crippen LogP contribution in [0.25, 0.3) is 5.70 Å². The number of rotatable bonds is 8. The molecule has 0 spiro atoms. The predicted octanol–water partition coefficient (Wildman–Crippen LogP) is 6.20. The van der Waals surface area contributed by atoms with Gasteiger partial charge in [0.15, 0.2) is 0 Å². The Kier molecular flexibility index (Phi) is 10.1. The van der Waals surface area contributed by atoms with E-state index in [4.69, 9.17) is 23.2 Å². The van der Waals surface area contributed by atoms with Crippen LogP contribution in [0, 0.1) is 11.3 Å². The Morgan fingerprint density at radius 3 is 2.58 bits per heavy atom. The van der Waals surface area contributed by atoms with Crippen LogP contribution in [0.1, 0.15) is 45.7 Å². The molecule has 1 aromatic carbocycles. The van der Waals surface area contributed by atoms with Crippen LogP contribution >= 0.6 is 23.2 Å². The molecule has 1 heterocycles. The molecule has 1 aromatic heterocycles. The number of aromatic nitrogens is 3. The summed E-state index contributed by atoms with van der Waals surface area (Å²) in [5.41, 5.74) is 2.47. The van der Waals surface area contributed by atoms with Crippen LogP contribution in [0.15, 0.2) is 97.7 Å². The van der Waals surface area contributed by atoms with Gasteiger partial charge in [0.25, 0.3) is 0 Å². The quantitative estimate of drug-likeness (QED) is 0.376. The maximum Gasteiger partial charge on any atom is 0.359 e. The Bertz CT molecular complexity index is 1690. The molecule has 206 valence electrons. The standard InChI is InChI=1S/C30H30Cl2N6O2/c1-7-19(6)12-23(9-3)38-29(39)36-28(35-27-14-21(8-2)26(15-25(27)32)34-18(4)5)37(30(38)40)17-22-13-20(16-33)10-11-24(22)31/h7-15,18H,1,17H2,2-6H3,(H,35,36,39)/b19-12-,21-8-,23-9+,34-26-. The lowest BCUT2D eigenvalue weighted by atomic mass is 10.0. The molecule has 0 unspecified atom stereocenters. The number of aliphatic imine (C=N–C) groups is 1. The summed E-state index contributed by atoms with van der Waals surface area (Å²) < 4.78 is 2.25. The number of hydrogen-bond donors (Lipinski definition) is 1. The number of allylic oxidation sites excluding steroid dienone is 10. The Morgan fingerprint density at radius 1 is 1.25 bits per heavy atom. The van der Waals surface area contributed by atoms with Gasteiger partial charge in [-0.3, -0.25) is 9.56 Å². The Labute approximate surface area is 243 Å². The molecule has 0 atom stereocenters. The molecule has 1 N–H and O–H groups in total. The van der Waals surface area contributed by atoms with Crippen molar-refractivity contribution < 1.29 is 0 Å². The van der Waals surface area contributed by atoms with Gasteiger partial charge in [0, 0.05) is 11.1 Å². The van der Waals surface area contributed by atoms with Crippen LogP contribution < -0.4 is 16.7 Å². The summed E-state index contributed by atoms with van der Waals surface area (Å²) >= 11 is 13.0. The molecule has 2 aromatic rings. The van der Waals surface area contributed by atoms with Crippen LogP contribution in [0.5, 0.6) is 0 Å². The highest BCUT2D eigenvalue weighted by molar-refractivity contribution is 6.35. The van der Waals surface area contributed by atoms with Crippen LogP contribution in [-0.2, 0) is 6.54 Å². The average Bonchev–Trinajstić information content (AvgIpc) is 2.91. The highest BCUT2D eigenvalue weighted by Crippen LogP contribution is 2.26. The monoisotopic (exact) mass is 576 g/mol. The summed E-state index contributed by atoms with van der Waals surface area (Å²) in [6.07, 6.45) is 10.3. The van der Waals surface area contributed by atoms with E-state index in [1.165, 1.54) is 4.57 Å². The van der Waals surface area contributed by atoms with Gasteiger partial charge in [0.1, 0.15) is 0 Å². The fraction of sp³-hybridized carbons (Fsp3) is 0.233. The van der Waals surface area contributed by atoms with Crippen molar-refractivity contribution in [3.63, 3.8) is 0 Å². The Morgan fingerprint density at radius 2 is 1.98 bits per heavy atom. The van der Waals surface area contributed by atoms with E-state index in [2.05, 4.69) is 27.9 Å². The van der Waals surface area contributed by atoms with Gasteiger partial charge in [-0.15, -0.1) is 0 Å². The van der Waals surface area contributed by atoms with E-state index in [0.717, 1.165) is 21.4 Å². The third kappa shape index (κ3) is 6.87. The molecule has 0 radical (unpaired) electrons. The molecule has 0 bridgehead atoms. The highest BCUT2D eigenvalue weighted by atomic mass is 35.5. The van der Waals surface area contributed by atoms with Crippen molar-refractivity contribution in [3.8, 4) is 6.07 Å². The van der Waals surface area contributed by atoms with E-state index >= 15 is 0 Å². The zero-order valence-electron chi connectivity index (χ0n) is 23.0. The summed E-state index contributed by atoms with van der Waals surface area (Å²) in [7, 11) is 0. The molecular weight excluding hydrogens is 547 g/mol. The highest BCUT2D eigenvalue weighted by Gasteiger charge is 2.21. The van der Waals surface area contributed by atoms with Crippen LogP contribution in [0.4, 0.5) is 5.95 Å². The average molecular weight is 578 g/mol. The van der Waals surface area contributed by atoms with Crippen LogP contribution in [0.3, 0.4) is 0 Å². The number of benzene rings is 1. The number of nitrogens with one attached hydrogen (secondary N) is 1. The van der Waals surface area contributed by atoms with Gasteiger partial charge in [-0.1, -0.05) is 48.0 Å². The molecule has 3 rings (SSSR count). The minimum atomic E-state index is -0.785. The van der Waals surface area contributed by atoms with Crippen molar-refractivity contribution in [2.45, 2.75) is 47.2 Å². The largest absolute Gasteiger partial charge is 0.359 e. The fourth-order valence-electron chi connectivity index (χ4n) is 3.87. The van der Waals surface area contributed by atoms with E-state index in [-0.39, 0.29) is 18.5 Å². The zero-order valence-corrected chi connectivity index (χ0v) is 24.5. The fourth-order valence-corrected chi connectivity index (χ4v) is 4.26. The molecular formula is C30H30Cl2N6O2. The Balaban J connectivity index is 2.25. The van der Waals surface area contributed by atoms with E-state index in [0.29, 0.717) is 32.6 Å². The summed E-state index contributed by atoms with van der Waals surface area (Å²) in [4.78, 5) is 36.0. The molecule has 0 saturated carbocycles. The van der Waals surface area contributed by atoms with Crippen molar-refractivity contribution >= 4 is 40.6 Å². The first kappa shape index (κ1) is 30.4. The Hall–Kier alpha value is -4.19. The van der Waals surface area contributed by atoms with E-state index in [1.807, 2.05) is 26.8 Å². The SMILES string of the molecule is C=C/C(C)=C\C(=C/C)n1c(=O)nc(NC2=CC(=C/C)/C(=N\C(C)C)C=C2Cl)n(Cc2cc(C#N)ccc2Cl)c1=O. The maximum absolute atomic E-state index is 13.9. The topological polar surface area (TPSA) is 105 Å². The maximum atomic E-state index is 13.9. The summed E-state index contributed by atoms with van der Waals surface area (Å²) in [6.45, 7) is 13.0. The second-order valence-corrected chi connectivity index (χ2v) is 9.99. The third-order valence-corrected chi connectivity index (χ3v) is 6.58.